The molecule has 0 fully saturated rings. The molecule has 1 aromatic heterocycles. The lowest BCUT2D eigenvalue weighted by molar-refractivity contribution is 0.131. The monoisotopic (exact) mass is 242 g/mol. The average molecular weight is 242 g/mol. The number of hydrogen-bond acceptors (Lipinski definition) is 6. The van der Waals surface area contributed by atoms with Gasteiger partial charge < -0.3 is 19.8 Å². The van der Waals surface area contributed by atoms with E-state index in [0.29, 0.717) is 18.5 Å². The van der Waals surface area contributed by atoms with Gasteiger partial charge in [0.25, 0.3) is 0 Å². The highest BCUT2D eigenvalue weighted by Crippen LogP contribution is 2.04. The first-order valence-electron chi connectivity index (χ1n) is 6.15. The highest BCUT2D eigenvalue weighted by Gasteiger charge is 2.03. The van der Waals surface area contributed by atoms with Gasteiger partial charge >= 0.3 is 6.01 Å². The van der Waals surface area contributed by atoms with Crippen molar-refractivity contribution in [2.45, 2.75) is 32.7 Å². The quantitative estimate of drug-likeness (QED) is 0.604. The van der Waals surface area contributed by atoms with Gasteiger partial charge in [-0.3, -0.25) is 0 Å². The third-order valence-corrected chi connectivity index (χ3v) is 2.18. The number of unbranched alkanes of at least 4 members (excludes halogenated alkanes) is 1. The number of nitrogens with zero attached hydrogens (tertiary/aromatic N) is 2. The maximum absolute atomic E-state index is 5.44. The summed E-state index contributed by atoms with van der Waals surface area (Å²) in [7, 11) is 1.84. The summed E-state index contributed by atoms with van der Waals surface area (Å²) in [5.41, 5.74) is 0. The summed E-state index contributed by atoms with van der Waals surface area (Å²) in [5, 5.41) is 13.8. The van der Waals surface area contributed by atoms with Crippen molar-refractivity contribution in [3.63, 3.8) is 0 Å². The van der Waals surface area contributed by atoms with E-state index in [1.165, 1.54) is 6.42 Å². The van der Waals surface area contributed by atoms with Crippen LogP contribution in [0.15, 0.2) is 4.42 Å². The fourth-order valence-corrected chi connectivity index (χ4v) is 1.27. The largest absolute Gasteiger partial charge is 0.407 e. The number of ether oxygens (including phenoxy) is 1. The van der Waals surface area contributed by atoms with Gasteiger partial charge in [-0.15, -0.1) is 5.10 Å². The van der Waals surface area contributed by atoms with Crippen molar-refractivity contribution in [1.29, 1.82) is 0 Å². The van der Waals surface area contributed by atoms with Gasteiger partial charge in [-0.25, -0.2) is 0 Å². The van der Waals surface area contributed by atoms with E-state index in [9.17, 15) is 0 Å². The Hall–Kier alpha value is -1.14. The van der Waals surface area contributed by atoms with E-state index in [-0.39, 0.29) is 0 Å². The molecule has 98 valence electrons. The van der Waals surface area contributed by atoms with Crippen molar-refractivity contribution in [1.82, 2.24) is 15.5 Å². The molecule has 6 heteroatoms. The fraction of sp³-hybridized carbons (Fsp3) is 0.818. The summed E-state index contributed by atoms with van der Waals surface area (Å²) in [4.78, 5) is 0. The molecular weight excluding hydrogens is 220 g/mol. The molecule has 0 aliphatic carbocycles. The van der Waals surface area contributed by atoms with E-state index in [1.54, 1.807) is 0 Å². The fourth-order valence-electron chi connectivity index (χ4n) is 1.27. The van der Waals surface area contributed by atoms with Gasteiger partial charge in [-0.05, 0) is 19.9 Å². The molecule has 1 aromatic rings. The Kier molecular flexibility index (Phi) is 7.33. The van der Waals surface area contributed by atoms with E-state index in [1.807, 2.05) is 7.05 Å². The Morgan fingerprint density at radius 2 is 2.06 bits per heavy atom. The Morgan fingerprint density at radius 1 is 1.24 bits per heavy atom. The molecule has 0 bridgehead atoms. The number of rotatable bonds is 10. The van der Waals surface area contributed by atoms with Crippen LogP contribution in [0.3, 0.4) is 0 Å². The van der Waals surface area contributed by atoms with Crippen LogP contribution < -0.4 is 10.6 Å². The van der Waals surface area contributed by atoms with Crippen LogP contribution in [-0.4, -0.2) is 37.0 Å². The lowest BCUT2D eigenvalue weighted by Gasteiger charge is -2.03. The molecule has 0 spiro atoms. The molecule has 0 aliphatic heterocycles. The van der Waals surface area contributed by atoms with Gasteiger partial charge in [0.05, 0.1) is 6.54 Å². The third kappa shape index (κ3) is 6.23. The summed E-state index contributed by atoms with van der Waals surface area (Å²) in [6.45, 7) is 5.15. The molecule has 0 saturated carbocycles. The summed E-state index contributed by atoms with van der Waals surface area (Å²) in [6, 6.07) is 0.476. The van der Waals surface area contributed by atoms with Crippen molar-refractivity contribution >= 4 is 6.01 Å². The minimum absolute atomic E-state index is 0.476. The molecule has 6 nitrogen and oxygen atoms in total. The topological polar surface area (TPSA) is 72.2 Å². The molecule has 0 atom stereocenters. The molecule has 0 radical (unpaired) electrons. The van der Waals surface area contributed by atoms with Crippen molar-refractivity contribution in [2.24, 2.45) is 0 Å². The standard InChI is InChI=1S/C11H22N4O2/c1-3-4-7-16-8-5-6-13-11-15-14-10(17-11)9-12-2/h12H,3-9H2,1-2H3,(H,13,15). The minimum atomic E-state index is 0.476. The van der Waals surface area contributed by atoms with Crippen LogP contribution in [0, 0.1) is 0 Å². The smallest absolute Gasteiger partial charge is 0.315 e. The molecule has 0 aromatic carbocycles. The van der Waals surface area contributed by atoms with Crippen LogP contribution in [0.25, 0.3) is 0 Å². The van der Waals surface area contributed by atoms with Gasteiger partial charge in [0.15, 0.2) is 0 Å². The first-order chi connectivity index (χ1) is 8.36. The van der Waals surface area contributed by atoms with Crippen LogP contribution in [0.1, 0.15) is 32.1 Å². The van der Waals surface area contributed by atoms with Gasteiger partial charge in [-0.1, -0.05) is 18.4 Å². The lowest BCUT2D eigenvalue weighted by atomic mass is 10.4. The first-order valence-corrected chi connectivity index (χ1v) is 6.15. The molecule has 1 heterocycles. The predicted octanol–water partition coefficient (Wildman–Crippen LogP) is 1.41. The number of aromatic nitrogens is 2. The van der Waals surface area contributed by atoms with Crippen LogP contribution in [-0.2, 0) is 11.3 Å². The summed E-state index contributed by atoms with van der Waals surface area (Å²) >= 11 is 0. The summed E-state index contributed by atoms with van der Waals surface area (Å²) in [6.07, 6.45) is 3.24. The second-order valence-electron chi connectivity index (χ2n) is 3.78. The number of anilines is 1. The predicted molar refractivity (Wildman–Crippen MR) is 65.9 cm³/mol. The zero-order valence-corrected chi connectivity index (χ0v) is 10.7. The molecule has 0 saturated heterocycles. The molecule has 17 heavy (non-hydrogen) atoms. The Bertz CT molecular complexity index is 291. The Labute approximate surface area is 102 Å². The second-order valence-corrected chi connectivity index (χ2v) is 3.78. The van der Waals surface area contributed by atoms with E-state index in [0.717, 1.165) is 32.6 Å². The molecule has 0 amide bonds. The highest BCUT2D eigenvalue weighted by molar-refractivity contribution is 5.16. The van der Waals surface area contributed by atoms with E-state index < -0.39 is 0 Å². The van der Waals surface area contributed by atoms with E-state index in [2.05, 4.69) is 27.8 Å². The SMILES string of the molecule is CCCCOCCCNc1nnc(CNC)o1. The molecule has 1 rings (SSSR count). The van der Waals surface area contributed by atoms with Crippen LogP contribution in [0.2, 0.25) is 0 Å². The number of hydrogen-bond donors (Lipinski definition) is 2. The van der Waals surface area contributed by atoms with Gasteiger partial charge in [-0.2, -0.15) is 0 Å². The van der Waals surface area contributed by atoms with Crippen molar-refractivity contribution in [3.05, 3.63) is 5.89 Å². The van der Waals surface area contributed by atoms with Crippen LogP contribution in [0.5, 0.6) is 0 Å². The molecule has 0 unspecified atom stereocenters. The van der Waals surface area contributed by atoms with Crippen molar-refractivity contribution < 1.29 is 9.15 Å². The highest BCUT2D eigenvalue weighted by atomic mass is 16.5. The van der Waals surface area contributed by atoms with Gasteiger partial charge in [0, 0.05) is 19.8 Å². The van der Waals surface area contributed by atoms with Crippen molar-refractivity contribution in [3.8, 4) is 0 Å². The molecule has 2 N–H and O–H groups in total. The maximum Gasteiger partial charge on any atom is 0.315 e. The summed E-state index contributed by atoms with van der Waals surface area (Å²) < 4.78 is 10.8. The third-order valence-electron chi connectivity index (χ3n) is 2.18. The normalized spacial score (nSPS) is 10.7. The first kappa shape index (κ1) is 13.9. The average Bonchev–Trinajstić information content (AvgIpc) is 2.76. The maximum atomic E-state index is 5.44. The zero-order chi connectivity index (χ0) is 12.3. The van der Waals surface area contributed by atoms with Gasteiger partial charge in [0.2, 0.25) is 5.89 Å². The lowest BCUT2D eigenvalue weighted by Crippen LogP contribution is -2.06. The Balaban J connectivity index is 2.01. The zero-order valence-electron chi connectivity index (χ0n) is 10.7. The number of nitrogens with one attached hydrogen (secondary N) is 2. The molecule has 0 aliphatic rings. The van der Waals surface area contributed by atoms with Crippen molar-refractivity contribution in [2.75, 3.05) is 32.1 Å². The summed E-state index contributed by atoms with van der Waals surface area (Å²) in [5.74, 6) is 0.592. The Morgan fingerprint density at radius 3 is 2.82 bits per heavy atom. The van der Waals surface area contributed by atoms with Crippen LogP contribution in [0.4, 0.5) is 6.01 Å². The van der Waals surface area contributed by atoms with Crippen LogP contribution >= 0.6 is 0 Å². The minimum Gasteiger partial charge on any atom is -0.407 e. The molecular formula is C11H22N4O2. The van der Waals surface area contributed by atoms with E-state index in [4.69, 9.17) is 9.15 Å². The second kappa shape index (κ2) is 8.95. The van der Waals surface area contributed by atoms with E-state index >= 15 is 0 Å². The van der Waals surface area contributed by atoms with Gasteiger partial charge in [0.1, 0.15) is 0 Å².